The number of hydrogen-bond donors (Lipinski definition) is 0. The van der Waals surface area contributed by atoms with Gasteiger partial charge >= 0.3 is 6.18 Å². The summed E-state index contributed by atoms with van der Waals surface area (Å²) >= 11 is 1.55. The predicted octanol–water partition coefficient (Wildman–Crippen LogP) is 6.90. The van der Waals surface area contributed by atoms with Crippen molar-refractivity contribution in [3.05, 3.63) is 59.2 Å². The molecule has 0 aliphatic carbocycles. The van der Waals surface area contributed by atoms with Crippen LogP contribution in [0.2, 0.25) is 0 Å². The maximum Gasteiger partial charge on any atom is 0.416 e. The van der Waals surface area contributed by atoms with Crippen molar-refractivity contribution in [2.24, 2.45) is 0 Å². The van der Waals surface area contributed by atoms with E-state index >= 15 is 0 Å². The molecule has 0 unspecified atom stereocenters. The van der Waals surface area contributed by atoms with Crippen LogP contribution in [-0.4, -0.2) is 0 Å². The Kier molecular flexibility index (Phi) is 6.17. The summed E-state index contributed by atoms with van der Waals surface area (Å²) in [5, 5.41) is 0. The van der Waals surface area contributed by atoms with Gasteiger partial charge in [-0.2, -0.15) is 13.2 Å². The molecule has 4 heteroatoms. The molecule has 0 saturated carbocycles. The molecule has 0 heterocycles. The number of unbranched alkanes of at least 4 members (excludes halogenated alkanes) is 2. The minimum atomic E-state index is -4.29. The second kappa shape index (κ2) is 7.91. The van der Waals surface area contributed by atoms with Crippen molar-refractivity contribution in [2.45, 2.75) is 55.5 Å². The highest BCUT2D eigenvalue weighted by Gasteiger charge is 2.31. The molecule has 0 spiro atoms. The van der Waals surface area contributed by atoms with Crippen molar-refractivity contribution < 1.29 is 13.2 Å². The number of hydrogen-bond acceptors (Lipinski definition) is 1. The number of rotatable bonds is 6. The fourth-order valence-corrected chi connectivity index (χ4v) is 3.45. The van der Waals surface area contributed by atoms with Crippen LogP contribution in [0.4, 0.5) is 13.2 Å². The van der Waals surface area contributed by atoms with E-state index in [1.165, 1.54) is 12.1 Å². The minimum Gasteiger partial charge on any atom is -0.166 e. The van der Waals surface area contributed by atoms with Gasteiger partial charge in [-0.25, -0.2) is 0 Å². The van der Waals surface area contributed by atoms with Gasteiger partial charge in [-0.05, 0) is 55.2 Å². The van der Waals surface area contributed by atoms with E-state index in [-0.39, 0.29) is 0 Å². The summed E-state index contributed by atoms with van der Waals surface area (Å²) < 4.78 is 38.9. The Bertz CT molecular complexity index is 647. The first kappa shape index (κ1) is 17.9. The van der Waals surface area contributed by atoms with E-state index in [9.17, 15) is 13.2 Å². The third-order valence-corrected chi connectivity index (χ3v) is 5.05. The Morgan fingerprint density at radius 1 is 0.957 bits per heavy atom. The zero-order valence-corrected chi connectivity index (χ0v) is 14.2. The molecule has 0 N–H and O–H groups in total. The Morgan fingerprint density at radius 2 is 1.70 bits per heavy atom. The largest absolute Gasteiger partial charge is 0.416 e. The van der Waals surface area contributed by atoms with Crippen LogP contribution in [0.1, 0.15) is 42.9 Å². The van der Waals surface area contributed by atoms with Crippen LogP contribution < -0.4 is 0 Å². The van der Waals surface area contributed by atoms with E-state index < -0.39 is 11.7 Å². The van der Waals surface area contributed by atoms with Gasteiger partial charge in [0.25, 0.3) is 0 Å². The van der Waals surface area contributed by atoms with Crippen molar-refractivity contribution >= 4 is 11.8 Å². The van der Waals surface area contributed by atoms with Crippen LogP contribution >= 0.6 is 11.8 Å². The van der Waals surface area contributed by atoms with E-state index in [0.717, 1.165) is 40.2 Å². The molecule has 0 atom stereocenters. The summed E-state index contributed by atoms with van der Waals surface area (Å²) in [6.07, 6.45) is -0.597. The molecule has 2 aromatic rings. The topological polar surface area (TPSA) is 0 Å². The van der Waals surface area contributed by atoms with Crippen LogP contribution in [0.25, 0.3) is 0 Å². The molecule has 0 nitrogen and oxygen atoms in total. The molecule has 0 radical (unpaired) electrons. The van der Waals surface area contributed by atoms with Gasteiger partial charge in [0.15, 0.2) is 0 Å². The number of alkyl halides is 3. The van der Waals surface area contributed by atoms with Gasteiger partial charge in [0, 0.05) is 9.79 Å². The van der Waals surface area contributed by atoms with Gasteiger partial charge < -0.3 is 0 Å². The van der Waals surface area contributed by atoms with Gasteiger partial charge in [0.1, 0.15) is 0 Å². The van der Waals surface area contributed by atoms with E-state index in [4.69, 9.17) is 0 Å². The molecule has 124 valence electrons. The SMILES string of the molecule is CCCCCc1cc(C(F)(F)F)ccc1Sc1ccccc1C. The third kappa shape index (κ3) is 5.03. The number of benzene rings is 2. The molecule has 23 heavy (non-hydrogen) atoms. The second-order valence-electron chi connectivity index (χ2n) is 5.64. The third-order valence-electron chi connectivity index (χ3n) is 3.75. The molecule has 0 bridgehead atoms. The molecule has 0 amide bonds. The molecule has 0 saturated heterocycles. The quantitative estimate of drug-likeness (QED) is 0.516. The Hall–Kier alpha value is -1.42. The van der Waals surface area contributed by atoms with Crippen LogP contribution in [0.15, 0.2) is 52.3 Å². The molecule has 0 aliphatic rings. The van der Waals surface area contributed by atoms with E-state index in [0.29, 0.717) is 6.42 Å². The number of halogens is 3. The maximum absolute atomic E-state index is 13.0. The zero-order chi connectivity index (χ0) is 16.9. The van der Waals surface area contributed by atoms with Crippen molar-refractivity contribution in [3.8, 4) is 0 Å². The molecule has 0 fully saturated rings. The molecule has 2 aromatic carbocycles. The number of aryl methyl sites for hydroxylation is 2. The van der Waals surface area contributed by atoms with Crippen LogP contribution in [0.3, 0.4) is 0 Å². The first-order valence-electron chi connectivity index (χ1n) is 7.85. The fraction of sp³-hybridized carbons (Fsp3) is 0.368. The average molecular weight is 338 g/mol. The molecular weight excluding hydrogens is 317 g/mol. The Labute approximate surface area is 140 Å². The Balaban J connectivity index is 2.31. The highest BCUT2D eigenvalue weighted by Crippen LogP contribution is 2.37. The van der Waals surface area contributed by atoms with Crippen LogP contribution in [0, 0.1) is 6.92 Å². The predicted molar refractivity (Wildman–Crippen MR) is 90.0 cm³/mol. The summed E-state index contributed by atoms with van der Waals surface area (Å²) in [7, 11) is 0. The highest BCUT2D eigenvalue weighted by atomic mass is 32.2. The van der Waals surface area contributed by atoms with Gasteiger partial charge in [0.2, 0.25) is 0 Å². The van der Waals surface area contributed by atoms with Crippen molar-refractivity contribution in [1.29, 1.82) is 0 Å². The van der Waals surface area contributed by atoms with E-state index in [1.807, 2.05) is 31.2 Å². The minimum absolute atomic E-state index is 0.557. The normalized spacial score (nSPS) is 11.7. The molecule has 0 aliphatic heterocycles. The lowest BCUT2D eigenvalue weighted by molar-refractivity contribution is -0.137. The molecule has 2 rings (SSSR count). The van der Waals surface area contributed by atoms with Crippen molar-refractivity contribution in [2.75, 3.05) is 0 Å². The Morgan fingerprint density at radius 3 is 2.35 bits per heavy atom. The van der Waals surface area contributed by atoms with Crippen LogP contribution in [0.5, 0.6) is 0 Å². The van der Waals surface area contributed by atoms with Gasteiger partial charge in [-0.1, -0.05) is 49.7 Å². The van der Waals surface area contributed by atoms with Gasteiger partial charge in [-0.3, -0.25) is 0 Å². The average Bonchev–Trinajstić information content (AvgIpc) is 2.50. The van der Waals surface area contributed by atoms with Gasteiger partial charge in [-0.15, -0.1) is 0 Å². The lowest BCUT2D eigenvalue weighted by atomic mass is 10.0. The molecular formula is C19H21F3S. The second-order valence-corrected chi connectivity index (χ2v) is 6.73. The van der Waals surface area contributed by atoms with Crippen LogP contribution in [-0.2, 0) is 12.6 Å². The summed E-state index contributed by atoms with van der Waals surface area (Å²) in [5.74, 6) is 0. The smallest absolute Gasteiger partial charge is 0.166 e. The standard InChI is InChI=1S/C19H21F3S/c1-3-4-5-9-15-13-16(19(20,21)22)11-12-18(15)23-17-10-7-6-8-14(17)2/h6-8,10-13H,3-5,9H2,1-2H3. The zero-order valence-electron chi connectivity index (χ0n) is 13.4. The summed E-state index contributed by atoms with van der Waals surface area (Å²) in [4.78, 5) is 2.01. The lowest BCUT2D eigenvalue weighted by Crippen LogP contribution is -2.06. The summed E-state index contributed by atoms with van der Waals surface area (Å²) in [6.45, 7) is 4.11. The van der Waals surface area contributed by atoms with Gasteiger partial charge in [0.05, 0.1) is 5.56 Å². The summed E-state index contributed by atoms with van der Waals surface area (Å²) in [6, 6.07) is 12.1. The molecule has 0 aromatic heterocycles. The summed E-state index contributed by atoms with van der Waals surface area (Å²) in [5.41, 5.74) is 1.37. The highest BCUT2D eigenvalue weighted by molar-refractivity contribution is 7.99. The van der Waals surface area contributed by atoms with Crippen molar-refractivity contribution in [3.63, 3.8) is 0 Å². The van der Waals surface area contributed by atoms with E-state index in [1.54, 1.807) is 17.8 Å². The first-order valence-corrected chi connectivity index (χ1v) is 8.67. The van der Waals surface area contributed by atoms with E-state index in [2.05, 4.69) is 6.92 Å². The monoisotopic (exact) mass is 338 g/mol. The lowest BCUT2D eigenvalue weighted by Gasteiger charge is -2.14. The first-order chi connectivity index (χ1) is 10.9. The fourth-order valence-electron chi connectivity index (χ4n) is 2.41. The van der Waals surface area contributed by atoms with Crippen molar-refractivity contribution in [1.82, 2.24) is 0 Å². The maximum atomic E-state index is 13.0.